The van der Waals surface area contributed by atoms with E-state index in [-0.39, 0.29) is 35.3 Å². The second kappa shape index (κ2) is 9.88. The molecule has 0 amide bonds. The summed E-state index contributed by atoms with van der Waals surface area (Å²) in [6.07, 6.45) is 0.514. The van der Waals surface area contributed by atoms with Gasteiger partial charge in [0.15, 0.2) is 0 Å². The van der Waals surface area contributed by atoms with E-state index in [0.29, 0.717) is 29.5 Å². The van der Waals surface area contributed by atoms with Crippen LogP contribution in [0.3, 0.4) is 0 Å². The summed E-state index contributed by atoms with van der Waals surface area (Å²) in [5, 5.41) is 21.6. The molecule has 0 radical (unpaired) electrons. The molecule has 5 nitrogen and oxygen atoms in total. The molecule has 0 bridgehead atoms. The standard InChI is InChI=1S/C21H25ClO5.Na/c1-12-10-18(13(2)14(3)19(12)23)26-9-8-15-11-16(6-7-17(15)22)27-21(4,5)20(24)25;/h6-7,10-11,23H,8-9H2,1-5H3,(H,24,25);/q;+1/p-1. The van der Waals surface area contributed by atoms with E-state index in [1.54, 1.807) is 24.3 Å². The molecule has 0 aromatic heterocycles. The van der Waals surface area contributed by atoms with Gasteiger partial charge in [0.05, 0.1) is 12.6 Å². The van der Waals surface area contributed by atoms with Crippen LogP contribution in [0.15, 0.2) is 24.3 Å². The maximum absolute atomic E-state index is 11.1. The van der Waals surface area contributed by atoms with Crippen LogP contribution in [0.2, 0.25) is 5.02 Å². The minimum Gasteiger partial charge on any atom is -0.546 e. The van der Waals surface area contributed by atoms with E-state index in [2.05, 4.69) is 0 Å². The van der Waals surface area contributed by atoms with Gasteiger partial charge in [-0.25, -0.2) is 0 Å². The van der Waals surface area contributed by atoms with Crippen molar-refractivity contribution in [1.82, 2.24) is 0 Å². The van der Waals surface area contributed by atoms with Crippen molar-refractivity contribution in [2.24, 2.45) is 0 Å². The van der Waals surface area contributed by atoms with Crippen LogP contribution < -0.4 is 44.1 Å². The predicted octanol–water partition coefficient (Wildman–Crippen LogP) is 0.504. The molecule has 0 aliphatic rings. The van der Waals surface area contributed by atoms with Gasteiger partial charge in [0.2, 0.25) is 0 Å². The summed E-state index contributed by atoms with van der Waals surface area (Å²) in [4.78, 5) is 11.1. The zero-order valence-electron chi connectivity index (χ0n) is 17.2. The van der Waals surface area contributed by atoms with Gasteiger partial charge in [0.1, 0.15) is 22.8 Å². The second-order valence-electron chi connectivity index (χ2n) is 7.04. The SMILES string of the molecule is Cc1cc(OCCc2cc(OC(C)(C)C(=O)[O-])ccc2Cl)c(C)c(C)c1O.[Na+]. The van der Waals surface area contributed by atoms with E-state index in [0.717, 1.165) is 22.3 Å². The molecule has 0 saturated carbocycles. The van der Waals surface area contributed by atoms with Gasteiger partial charge in [-0.05, 0) is 81.1 Å². The molecule has 146 valence electrons. The van der Waals surface area contributed by atoms with E-state index in [1.807, 2.05) is 20.8 Å². The van der Waals surface area contributed by atoms with Crippen molar-refractivity contribution in [3.8, 4) is 17.2 Å². The second-order valence-corrected chi connectivity index (χ2v) is 7.45. The van der Waals surface area contributed by atoms with Gasteiger partial charge in [-0.15, -0.1) is 0 Å². The molecule has 2 aromatic rings. The number of benzene rings is 2. The van der Waals surface area contributed by atoms with Crippen molar-refractivity contribution >= 4 is 17.6 Å². The number of carbonyl (C=O) groups is 1. The number of carboxylic acids is 1. The average molecular weight is 415 g/mol. The van der Waals surface area contributed by atoms with Crippen molar-refractivity contribution in [1.29, 1.82) is 0 Å². The number of ether oxygens (including phenoxy) is 2. The fourth-order valence-electron chi connectivity index (χ4n) is 2.59. The summed E-state index contributed by atoms with van der Waals surface area (Å²) in [7, 11) is 0. The first kappa shape index (κ1) is 24.6. The van der Waals surface area contributed by atoms with Crippen molar-refractivity contribution in [3.63, 3.8) is 0 Å². The Kier molecular flexibility index (Phi) is 8.69. The zero-order chi connectivity index (χ0) is 20.4. The number of halogens is 1. The summed E-state index contributed by atoms with van der Waals surface area (Å²) in [6, 6.07) is 6.80. The molecular weight excluding hydrogens is 391 g/mol. The summed E-state index contributed by atoms with van der Waals surface area (Å²) in [5.74, 6) is 0.0969. The molecule has 28 heavy (non-hydrogen) atoms. The van der Waals surface area contributed by atoms with E-state index in [4.69, 9.17) is 21.1 Å². The van der Waals surface area contributed by atoms with Gasteiger partial charge in [-0.3, -0.25) is 0 Å². The average Bonchev–Trinajstić information content (AvgIpc) is 2.59. The molecule has 0 spiro atoms. The monoisotopic (exact) mass is 414 g/mol. The van der Waals surface area contributed by atoms with Gasteiger partial charge in [0.25, 0.3) is 0 Å². The Hall–Kier alpha value is -1.40. The smallest absolute Gasteiger partial charge is 0.546 e. The number of carbonyl (C=O) groups excluding carboxylic acids is 1. The predicted molar refractivity (Wildman–Crippen MR) is 103 cm³/mol. The third-order valence-electron chi connectivity index (χ3n) is 4.52. The van der Waals surface area contributed by atoms with Gasteiger partial charge in [-0.1, -0.05) is 11.6 Å². The van der Waals surface area contributed by atoms with Crippen LogP contribution in [0.25, 0.3) is 0 Å². The fraction of sp³-hybridized carbons (Fsp3) is 0.381. The molecule has 2 rings (SSSR count). The van der Waals surface area contributed by atoms with Crippen molar-refractivity contribution in [2.75, 3.05) is 6.61 Å². The third-order valence-corrected chi connectivity index (χ3v) is 4.89. The first-order valence-electron chi connectivity index (χ1n) is 8.64. The largest absolute Gasteiger partial charge is 1.00 e. The number of hydrogen-bond donors (Lipinski definition) is 1. The molecule has 0 atom stereocenters. The first-order chi connectivity index (χ1) is 12.5. The molecule has 0 aliphatic heterocycles. The number of aromatic hydroxyl groups is 1. The summed E-state index contributed by atoms with van der Waals surface area (Å²) >= 11 is 6.24. The number of phenols is 1. The number of aryl methyl sites for hydroxylation is 1. The van der Waals surface area contributed by atoms with Crippen LogP contribution in [-0.4, -0.2) is 23.3 Å². The van der Waals surface area contributed by atoms with E-state index in [9.17, 15) is 15.0 Å². The maximum Gasteiger partial charge on any atom is 1.00 e. The Morgan fingerprint density at radius 3 is 2.43 bits per heavy atom. The number of rotatable bonds is 7. The van der Waals surface area contributed by atoms with Gasteiger partial charge < -0.3 is 24.5 Å². The Balaban J connectivity index is 0.00000392. The minimum absolute atomic E-state index is 0. The van der Waals surface area contributed by atoms with Crippen LogP contribution >= 0.6 is 11.6 Å². The fourth-order valence-corrected chi connectivity index (χ4v) is 2.81. The van der Waals surface area contributed by atoms with Gasteiger partial charge in [0, 0.05) is 11.4 Å². The topological polar surface area (TPSA) is 78.8 Å². The maximum atomic E-state index is 11.1. The first-order valence-corrected chi connectivity index (χ1v) is 9.02. The molecule has 0 heterocycles. The minimum atomic E-state index is -1.44. The molecule has 0 aliphatic carbocycles. The molecule has 0 saturated heterocycles. The third kappa shape index (κ3) is 5.80. The van der Waals surface area contributed by atoms with E-state index >= 15 is 0 Å². The van der Waals surface area contributed by atoms with Crippen molar-refractivity contribution < 1.29 is 54.0 Å². The van der Waals surface area contributed by atoms with Crippen LogP contribution in [0, 0.1) is 20.8 Å². The Bertz CT molecular complexity index is 864. The Morgan fingerprint density at radius 2 is 1.82 bits per heavy atom. The molecule has 7 heteroatoms. The van der Waals surface area contributed by atoms with Gasteiger partial charge >= 0.3 is 29.6 Å². The summed E-state index contributed by atoms with van der Waals surface area (Å²) in [5.41, 5.74) is 1.78. The van der Waals surface area contributed by atoms with E-state index < -0.39 is 11.6 Å². The van der Waals surface area contributed by atoms with Crippen LogP contribution in [0.1, 0.15) is 36.1 Å². The van der Waals surface area contributed by atoms with Crippen molar-refractivity contribution in [3.05, 3.63) is 51.5 Å². The number of carboxylic acid groups (broad SMARTS) is 1. The van der Waals surface area contributed by atoms with E-state index in [1.165, 1.54) is 13.8 Å². The molecule has 2 aromatic carbocycles. The number of phenolic OH excluding ortho intramolecular Hbond substituents is 1. The molecule has 0 unspecified atom stereocenters. The number of aliphatic carboxylic acids is 1. The Labute approximate surface area is 192 Å². The molecule has 1 N–H and O–H groups in total. The van der Waals surface area contributed by atoms with Crippen LogP contribution in [0.5, 0.6) is 17.2 Å². The van der Waals surface area contributed by atoms with Crippen LogP contribution in [0.4, 0.5) is 0 Å². The molecular formula is C21H24ClNaO5. The normalized spacial score (nSPS) is 10.9. The zero-order valence-corrected chi connectivity index (χ0v) is 19.9. The summed E-state index contributed by atoms with van der Waals surface area (Å²) in [6.45, 7) is 8.80. The Morgan fingerprint density at radius 1 is 1.18 bits per heavy atom. The summed E-state index contributed by atoms with van der Waals surface area (Å²) < 4.78 is 11.4. The quantitative estimate of drug-likeness (QED) is 0.668. The number of hydrogen-bond acceptors (Lipinski definition) is 5. The van der Waals surface area contributed by atoms with Crippen LogP contribution in [-0.2, 0) is 11.2 Å². The van der Waals surface area contributed by atoms with Crippen molar-refractivity contribution in [2.45, 2.75) is 46.6 Å². The molecule has 0 fully saturated rings. The van der Waals surface area contributed by atoms with Gasteiger partial charge in [-0.2, -0.15) is 0 Å².